The van der Waals surface area contributed by atoms with E-state index in [1.807, 2.05) is 0 Å². The van der Waals surface area contributed by atoms with Crippen molar-refractivity contribution in [2.45, 2.75) is 64.2 Å². The van der Waals surface area contributed by atoms with Gasteiger partial charge in [0.15, 0.2) is 0 Å². The highest BCUT2D eigenvalue weighted by atomic mass is 16.4. The Morgan fingerprint density at radius 1 is 1.05 bits per heavy atom. The molecule has 0 heterocycles. The SMILES string of the molecule is O=C(O)C(CC12CC3CC(CC(C3)C1)C2)C1CCC1. The van der Waals surface area contributed by atoms with Gasteiger partial charge in [0.1, 0.15) is 0 Å². The fraction of sp³-hybridized carbons (Fsp3) is 0.941. The molecular formula is C17H26O2. The van der Waals surface area contributed by atoms with Gasteiger partial charge >= 0.3 is 5.97 Å². The fourth-order valence-corrected chi connectivity index (χ4v) is 6.30. The van der Waals surface area contributed by atoms with Crippen molar-refractivity contribution in [3.05, 3.63) is 0 Å². The van der Waals surface area contributed by atoms with Gasteiger partial charge in [0.2, 0.25) is 0 Å². The molecule has 1 N–H and O–H groups in total. The Bertz CT molecular complexity index is 347. The van der Waals surface area contributed by atoms with Gasteiger partial charge in [0.25, 0.3) is 0 Å². The summed E-state index contributed by atoms with van der Waals surface area (Å²) < 4.78 is 0. The fourth-order valence-electron chi connectivity index (χ4n) is 6.30. The Kier molecular flexibility index (Phi) is 2.72. The summed E-state index contributed by atoms with van der Waals surface area (Å²) in [5.74, 6) is 2.82. The lowest BCUT2D eigenvalue weighted by Gasteiger charge is -2.58. The predicted molar refractivity (Wildman–Crippen MR) is 73.7 cm³/mol. The van der Waals surface area contributed by atoms with Crippen LogP contribution in [0.4, 0.5) is 0 Å². The normalized spacial score (nSPS) is 46.0. The van der Waals surface area contributed by atoms with Crippen LogP contribution in [0, 0.1) is 35.0 Å². The third-order valence-corrected chi connectivity index (χ3v) is 6.85. The van der Waals surface area contributed by atoms with Gasteiger partial charge in [-0.2, -0.15) is 0 Å². The number of carboxylic acid groups (broad SMARTS) is 1. The second-order valence-electron chi connectivity index (χ2n) is 8.26. The van der Waals surface area contributed by atoms with E-state index in [-0.39, 0.29) is 5.92 Å². The van der Waals surface area contributed by atoms with Crippen molar-refractivity contribution >= 4 is 5.97 Å². The molecule has 0 radical (unpaired) electrons. The summed E-state index contributed by atoms with van der Waals surface area (Å²) in [6.45, 7) is 0. The molecule has 19 heavy (non-hydrogen) atoms. The minimum Gasteiger partial charge on any atom is -0.481 e. The molecule has 0 saturated heterocycles. The van der Waals surface area contributed by atoms with E-state index in [9.17, 15) is 9.90 Å². The summed E-state index contributed by atoms with van der Waals surface area (Å²) >= 11 is 0. The third kappa shape index (κ3) is 2.02. The first kappa shape index (κ1) is 12.2. The van der Waals surface area contributed by atoms with Crippen LogP contribution in [0.3, 0.4) is 0 Å². The smallest absolute Gasteiger partial charge is 0.306 e. The van der Waals surface area contributed by atoms with Crippen LogP contribution in [0.15, 0.2) is 0 Å². The zero-order valence-corrected chi connectivity index (χ0v) is 11.8. The second kappa shape index (κ2) is 4.23. The van der Waals surface area contributed by atoms with Crippen molar-refractivity contribution in [3.8, 4) is 0 Å². The minimum absolute atomic E-state index is 0.0231. The summed E-state index contributed by atoms with van der Waals surface area (Å²) in [6, 6.07) is 0. The molecule has 0 amide bonds. The third-order valence-electron chi connectivity index (χ3n) is 6.85. The first-order valence-corrected chi connectivity index (χ1v) is 8.36. The number of hydrogen-bond donors (Lipinski definition) is 1. The van der Waals surface area contributed by atoms with E-state index in [1.54, 1.807) is 0 Å². The highest BCUT2D eigenvalue weighted by Gasteiger charge is 2.52. The summed E-state index contributed by atoms with van der Waals surface area (Å²) in [4.78, 5) is 11.7. The van der Waals surface area contributed by atoms with Crippen LogP contribution < -0.4 is 0 Å². The standard InChI is InChI=1S/C17H26O2/c18-16(19)15(14-2-1-3-14)10-17-7-11-4-12(8-17)6-13(5-11)9-17/h11-15H,1-10H2,(H,18,19). The van der Waals surface area contributed by atoms with E-state index < -0.39 is 5.97 Å². The molecule has 5 aliphatic rings. The number of aliphatic carboxylic acids is 1. The Morgan fingerprint density at radius 2 is 1.58 bits per heavy atom. The molecule has 1 atom stereocenters. The maximum absolute atomic E-state index is 11.7. The van der Waals surface area contributed by atoms with Gasteiger partial charge < -0.3 is 5.11 Å². The maximum atomic E-state index is 11.7. The maximum Gasteiger partial charge on any atom is 0.306 e. The lowest BCUT2D eigenvalue weighted by molar-refractivity contribution is -0.150. The molecule has 2 nitrogen and oxygen atoms in total. The van der Waals surface area contributed by atoms with Crippen LogP contribution >= 0.6 is 0 Å². The Morgan fingerprint density at radius 3 is 1.95 bits per heavy atom. The average molecular weight is 262 g/mol. The number of carbonyl (C=O) groups is 1. The van der Waals surface area contributed by atoms with E-state index in [0.717, 1.165) is 24.2 Å². The van der Waals surface area contributed by atoms with Gasteiger partial charge in [-0.3, -0.25) is 4.79 Å². The van der Waals surface area contributed by atoms with Crippen LogP contribution in [-0.2, 0) is 4.79 Å². The zero-order valence-electron chi connectivity index (χ0n) is 11.8. The first-order chi connectivity index (χ1) is 9.13. The summed E-state index contributed by atoms with van der Waals surface area (Å²) in [5, 5.41) is 9.61. The van der Waals surface area contributed by atoms with Gasteiger partial charge in [0.05, 0.1) is 5.92 Å². The quantitative estimate of drug-likeness (QED) is 0.828. The monoisotopic (exact) mass is 262 g/mol. The van der Waals surface area contributed by atoms with Crippen LogP contribution in [0.25, 0.3) is 0 Å². The molecule has 2 heteroatoms. The molecule has 106 valence electrons. The summed E-state index contributed by atoms with van der Waals surface area (Å²) in [6.07, 6.45) is 13.1. The van der Waals surface area contributed by atoms with Crippen LogP contribution in [0.5, 0.6) is 0 Å². The molecule has 4 bridgehead atoms. The van der Waals surface area contributed by atoms with Crippen molar-refractivity contribution in [1.82, 2.24) is 0 Å². The van der Waals surface area contributed by atoms with E-state index in [4.69, 9.17) is 0 Å². The molecule has 5 fully saturated rings. The molecule has 1 unspecified atom stereocenters. The lowest BCUT2D eigenvalue weighted by Crippen LogP contribution is -2.48. The van der Waals surface area contributed by atoms with Crippen molar-refractivity contribution in [2.75, 3.05) is 0 Å². The van der Waals surface area contributed by atoms with Crippen LogP contribution in [-0.4, -0.2) is 11.1 Å². The van der Waals surface area contributed by atoms with Gasteiger partial charge in [-0.25, -0.2) is 0 Å². The van der Waals surface area contributed by atoms with Gasteiger partial charge in [0, 0.05) is 0 Å². The van der Waals surface area contributed by atoms with E-state index >= 15 is 0 Å². The highest BCUT2D eigenvalue weighted by molar-refractivity contribution is 5.70. The Hall–Kier alpha value is -0.530. The first-order valence-electron chi connectivity index (χ1n) is 8.36. The molecule has 0 aromatic rings. The topological polar surface area (TPSA) is 37.3 Å². The van der Waals surface area contributed by atoms with E-state index in [1.165, 1.54) is 57.8 Å². The van der Waals surface area contributed by atoms with Crippen molar-refractivity contribution < 1.29 is 9.90 Å². The molecule has 5 aliphatic carbocycles. The number of rotatable bonds is 4. The van der Waals surface area contributed by atoms with Crippen molar-refractivity contribution in [3.63, 3.8) is 0 Å². The van der Waals surface area contributed by atoms with Crippen LogP contribution in [0.1, 0.15) is 64.2 Å². The molecular weight excluding hydrogens is 236 g/mol. The minimum atomic E-state index is -0.500. The zero-order chi connectivity index (χ0) is 13.0. The lowest BCUT2D eigenvalue weighted by atomic mass is 9.47. The molecule has 5 rings (SSSR count). The van der Waals surface area contributed by atoms with E-state index in [0.29, 0.717) is 11.3 Å². The van der Waals surface area contributed by atoms with E-state index in [2.05, 4.69) is 0 Å². The average Bonchev–Trinajstić information content (AvgIpc) is 2.23. The number of hydrogen-bond acceptors (Lipinski definition) is 1. The van der Waals surface area contributed by atoms with Gasteiger partial charge in [-0.05, 0) is 86.9 Å². The summed E-state index contributed by atoms with van der Waals surface area (Å²) in [7, 11) is 0. The second-order valence-corrected chi connectivity index (χ2v) is 8.26. The molecule has 0 aromatic carbocycles. The Balaban J connectivity index is 1.53. The predicted octanol–water partition coefficient (Wildman–Crippen LogP) is 4.09. The van der Waals surface area contributed by atoms with Gasteiger partial charge in [-0.1, -0.05) is 6.42 Å². The molecule has 0 spiro atoms. The molecule has 5 saturated carbocycles. The largest absolute Gasteiger partial charge is 0.481 e. The number of carboxylic acids is 1. The van der Waals surface area contributed by atoms with Crippen molar-refractivity contribution in [2.24, 2.45) is 35.0 Å². The van der Waals surface area contributed by atoms with Crippen molar-refractivity contribution in [1.29, 1.82) is 0 Å². The molecule has 0 aliphatic heterocycles. The van der Waals surface area contributed by atoms with Gasteiger partial charge in [-0.15, -0.1) is 0 Å². The molecule has 0 aromatic heterocycles. The Labute approximate surface area is 116 Å². The highest BCUT2D eigenvalue weighted by Crippen LogP contribution is 2.62. The summed E-state index contributed by atoms with van der Waals surface area (Å²) in [5.41, 5.74) is 0.438. The van der Waals surface area contributed by atoms with Crippen LogP contribution in [0.2, 0.25) is 0 Å².